The van der Waals surface area contributed by atoms with Gasteiger partial charge in [-0.25, -0.2) is 0 Å². The van der Waals surface area contributed by atoms with Crippen LogP contribution in [0.1, 0.15) is 35.7 Å². The van der Waals surface area contributed by atoms with E-state index >= 15 is 0 Å². The van der Waals surface area contributed by atoms with Gasteiger partial charge in [-0.2, -0.15) is 0 Å². The molecule has 27 heavy (non-hydrogen) atoms. The first kappa shape index (κ1) is 19.0. The van der Waals surface area contributed by atoms with Crippen molar-refractivity contribution >= 4 is 17.5 Å². The molecular weight excluding hydrogens is 340 g/mol. The van der Waals surface area contributed by atoms with Crippen molar-refractivity contribution in [2.45, 2.75) is 26.3 Å². The summed E-state index contributed by atoms with van der Waals surface area (Å²) < 4.78 is 0. The zero-order valence-electron chi connectivity index (χ0n) is 15.6. The molecule has 0 radical (unpaired) electrons. The van der Waals surface area contributed by atoms with Crippen molar-refractivity contribution < 1.29 is 9.59 Å². The summed E-state index contributed by atoms with van der Waals surface area (Å²) >= 11 is 0. The Balaban J connectivity index is 1.47. The Bertz CT molecular complexity index is 762. The van der Waals surface area contributed by atoms with Gasteiger partial charge in [0, 0.05) is 44.6 Å². The summed E-state index contributed by atoms with van der Waals surface area (Å²) in [7, 11) is 0. The first-order valence-electron chi connectivity index (χ1n) is 9.37. The van der Waals surface area contributed by atoms with Crippen LogP contribution in [-0.2, 0) is 11.3 Å². The van der Waals surface area contributed by atoms with Crippen LogP contribution in [0.3, 0.4) is 0 Å². The highest BCUT2D eigenvalue weighted by Crippen LogP contribution is 2.19. The van der Waals surface area contributed by atoms with E-state index in [0.717, 1.165) is 38.2 Å². The molecular formula is C21H26N4O2. The topological polar surface area (TPSA) is 74.3 Å². The second-order valence-corrected chi connectivity index (χ2v) is 7.07. The fourth-order valence-electron chi connectivity index (χ4n) is 3.45. The van der Waals surface area contributed by atoms with Crippen molar-refractivity contribution in [3.8, 4) is 0 Å². The number of nitrogens with zero attached hydrogens (tertiary/aromatic N) is 2. The van der Waals surface area contributed by atoms with E-state index in [1.165, 1.54) is 12.5 Å². The molecule has 0 saturated carbocycles. The molecule has 1 saturated heterocycles. The van der Waals surface area contributed by atoms with Gasteiger partial charge >= 0.3 is 0 Å². The number of anilines is 1. The third-order valence-electron chi connectivity index (χ3n) is 4.76. The first-order valence-corrected chi connectivity index (χ1v) is 9.37. The summed E-state index contributed by atoms with van der Waals surface area (Å²) in [5.41, 5.74) is 2.65. The molecule has 1 aliphatic rings. The van der Waals surface area contributed by atoms with Gasteiger partial charge in [0.05, 0.1) is 5.56 Å². The molecule has 0 unspecified atom stereocenters. The van der Waals surface area contributed by atoms with Gasteiger partial charge in [-0.05, 0) is 55.1 Å². The highest BCUT2D eigenvalue weighted by Gasteiger charge is 2.20. The Morgan fingerprint density at radius 3 is 2.74 bits per heavy atom. The van der Waals surface area contributed by atoms with Crippen molar-refractivity contribution in [2.75, 3.05) is 25.0 Å². The number of carbonyl (C=O) groups is 2. The molecule has 142 valence electrons. The number of amides is 2. The average Bonchev–Trinajstić information content (AvgIpc) is 2.68. The lowest BCUT2D eigenvalue weighted by Gasteiger charge is -2.32. The van der Waals surface area contributed by atoms with E-state index in [-0.39, 0.29) is 11.8 Å². The Morgan fingerprint density at radius 1 is 1.22 bits per heavy atom. The van der Waals surface area contributed by atoms with Gasteiger partial charge in [0.1, 0.15) is 0 Å². The third kappa shape index (κ3) is 5.89. The molecule has 0 aliphatic carbocycles. The maximum atomic E-state index is 12.2. The van der Waals surface area contributed by atoms with Crippen LogP contribution in [0.4, 0.5) is 5.69 Å². The third-order valence-corrected chi connectivity index (χ3v) is 4.76. The van der Waals surface area contributed by atoms with Crippen LogP contribution in [0.5, 0.6) is 0 Å². The smallest absolute Gasteiger partial charge is 0.252 e. The molecule has 0 bridgehead atoms. The molecule has 6 nitrogen and oxygen atoms in total. The lowest BCUT2D eigenvalue weighted by Crippen LogP contribution is -2.40. The van der Waals surface area contributed by atoms with Crippen LogP contribution in [0.25, 0.3) is 0 Å². The standard InChI is InChI=1S/C21H26N4O2/c1-16(26)24-20-8-6-17(7-9-20)14-25-11-3-4-18(15-25)12-23-21(27)19-5-2-10-22-13-19/h2,5-10,13,18H,3-4,11-12,14-15H2,1H3,(H,23,27)(H,24,26)/t18-/m1/s1. The van der Waals surface area contributed by atoms with Gasteiger partial charge in [0.2, 0.25) is 5.91 Å². The lowest BCUT2D eigenvalue weighted by molar-refractivity contribution is -0.114. The molecule has 2 N–H and O–H groups in total. The van der Waals surface area contributed by atoms with E-state index in [0.29, 0.717) is 18.0 Å². The molecule has 1 fully saturated rings. The number of benzene rings is 1. The maximum Gasteiger partial charge on any atom is 0.252 e. The Morgan fingerprint density at radius 2 is 2.04 bits per heavy atom. The molecule has 2 heterocycles. The van der Waals surface area contributed by atoms with E-state index < -0.39 is 0 Å². The van der Waals surface area contributed by atoms with Gasteiger partial charge in [-0.3, -0.25) is 19.5 Å². The van der Waals surface area contributed by atoms with Crippen LogP contribution in [0.15, 0.2) is 48.8 Å². The van der Waals surface area contributed by atoms with Gasteiger partial charge in [-0.1, -0.05) is 12.1 Å². The molecule has 3 rings (SSSR count). The summed E-state index contributed by atoms with van der Waals surface area (Å²) in [4.78, 5) is 29.7. The normalized spacial score (nSPS) is 17.3. The average molecular weight is 366 g/mol. The summed E-state index contributed by atoms with van der Waals surface area (Å²) in [5.74, 6) is 0.335. The zero-order chi connectivity index (χ0) is 19.1. The van der Waals surface area contributed by atoms with Crippen molar-refractivity contribution in [2.24, 2.45) is 5.92 Å². The summed E-state index contributed by atoms with van der Waals surface area (Å²) in [6, 6.07) is 11.5. The summed E-state index contributed by atoms with van der Waals surface area (Å²) in [6.45, 7) is 5.12. The number of likely N-dealkylation sites (tertiary alicyclic amines) is 1. The van der Waals surface area contributed by atoms with Crippen molar-refractivity contribution in [3.05, 3.63) is 59.9 Å². The predicted octanol–water partition coefficient (Wildman–Crippen LogP) is 2.68. The fourth-order valence-corrected chi connectivity index (χ4v) is 3.45. The van der Waals surface area contributed by atoms with Crippen LogP contribution in [0, 0.1) is 5.92 Å². The van der Waals surface area contributed by atoms with Gasteiger partial charge in [0.15, 0.2) is 0 Å². The lowest BCUT2D eigenvalue weighted by atomic mass is 9.97. The molecule has 1 atom stereocenters. The van der Waals surface area contributed by atoms with E-state index in [2.05, 4.69) is 32.7 Å². The van der Waals surface area contributed by atoms with Gasteiger partial charge < -0.3 is 10.6 Å². The minimum Gasteiger partial charge on any atom is -0.352 e. The second-order valence-electron chi connectivity index (χ2n) is 7.07. The molecule has 1 aromatic carbocycles. The van der Waals surface area contributed by atoms with Crippen LogP contribution < -0.4 is 10.6 Å². The monoisotopic (exact) mass is 366 g/mol. The maximum absolute atomic E-state index is 12.2. The minimum absolute atomic E-state index is 0.0602. The summed E-state index contributed by atoms with van der Waals surface area (Å²) in [5, 5.41) is 5.82. The van der Waals surface area contributed by atoms with Crippen LogP contribution >= 0.6 is 0 Å². The number of nitrogens with one attached hydrogen (secondary N) is 2. The molecule has 2 amide bonds. The van der Waals surface area contributed by atoms with Crippen LogP contribution in [0.2, 0.25) is 0 Å². The van der Waals surface area contributed by atoms with Gasteiger partial charge in [0.25, 0.3) is 5.91 Å². The number of pyridine rings is 1. The fraction of sp³-hybridized carbons (Fsp3) is 0.381. The number of hydrogen-bond acceptors (Lipinski definition) is 4. The molecule has 6 heteroatoms. The highest BCUT2D eigenvalue weighted by molar-refractivity contribution is 5.93. The number of piperidine rings is 1. The van der Waals surface area contributed by atoms with Crippen LogP contribution in [-0.4, -0.2) is 41.3 Å². The highest BCUT2D eigenvalue weighted by atomic mass is 16.2. The number of aromatic nitrogens is 1. The number of rotatable bonds is 6. The first-order chi connectivity index (χ1) is 13.1. The van der Waals surface area contributed by atoms with Crippen molar-refractivity contribution in [3.63, 3.8) is 0 Å². The predicted molar refractivity (Wildman–Crippen MR) is 105 cm³/mol. The molecule has 0 spiro atoms. The van der Waals surface area contributed by atoms with E-state index in [1.807, 2.05) is 12.1 Å². The Labute approximate surface area is 160 Å². The molecule has 2 aromatic rings. The van der Waals surface area contributed by atoms with E-state index in [4.69, 9.17) is 0 Å². The second kappa shape index (κ2) is 9.28. The molecule has 1 aliphatic heterocycles. The number of hydrogen-bond donors (Lipinski definition) is 2. The minimum atomic E-state index is -0.0613. The SMILES string of the molecule is CC(=O)Nc1ccc(CN2CCC[C@H](CNC(=O)c3cccnc3)C2)cc1. The quantitative estimate of drug-likeness (QED) is 0.824. The Kier molecular flexibility index (Phi) is 6.54. The largest absolute Gasteiger partial charge is 0.352 e. The van der Waals surface area contributed by atoms with E-state index in [9.17, 15) is 9.59 Å². The van der Waals surface area contributed by atoms with E-state index in [1.54, 1.807) is 24.5 Å². The molecule has 1 aromatic heterocycles. The number of carbonyl (C=O) groups excluding carboxylic acids is 2. The van der Waals surface area contributed by atoms with Gasteiger partial charge in [-0.15, -0.1) is 0 Å². The zero-order valence-corrected chi connectivity index (χ0v) is 15.6. The Hall–Kier alpha value is -2.73. The van der Waals surface area contributed by atoms with Crippen molar-refractivity contribution in [1.82, 2.24) is 15.2 Å². The van der Waals surface area contributed by atoms with Crippen molar-refractivity contribution in [1.29, 1.82) is 0 Å². The summed E-state index contributed by atoms with van der Waals surface area (Å²) in [6.07, 6.45) is 5.52.